The van der Waals surface area contributed by atoms with Crippen LogP contribution in [0.1, 0.15) is 12.0 Å². The van der Waals surface area contributed by atoms with Crippen molar-refractivity contribution in [3.05, 3.63) is 29.8 Å². The molecule has 5 heteroatoms. The lowest BCUT2D eigenvalue weighted by molar-refractivity contribution is 0.414. The highest BCUT2D eigenvalue weighted by molar-refractivity contribution is 9.09. The number of rotatable bonds is 6. The van der Waals surface area contributed by atoms with Gasteiger partial charge in [-0.2, -0.15) is 0 Å². The van der Waals surface area contributed by atoms with Crippen molar-refractivity contribution in [3.63, 3.8) is 0 Å². The molecule has 0 bridgehead atoms. The number of benzene rings is 1. The maximum absolute atomic E-state index is 11.7. The normalized spacial score (nSPS) is 11.4. The fourth-order valence-electron chi connectivity index (χ4n) is 1.32. The Hall–Kier alpha value is -0.550. The van der Waals surface area contributed by atoms with E-state index in [-0.39, 0.29) is 11.5 Å². The van der Waals surface area contributed by atoms with Crippen molar-refractivity contribution < 1.29 is 13.2 Å². The van der Waals surface area contributed by atoms with Crippen LogP contribution in [0.4, 0.5) is 0 Å². The summed E-state index contributed by atoms with van der Waals surface area (Å²) in [5.74, 6) is 1.07. The van der Waals surface area contributed by atoms with Gasteiger partial charge in [0.1, 0.15) is 5.75 Å². The molecule has 1 aromatic rings. The van der Waals surface area contributed by atoms with Crippen molar-refractivity contribution in [2.24, 2.45) is 0 Å². The molecule has 0 saturated heterocycles. The molecule has 1 rings (SSSR count). The molecular formula is C11H15BrO3S. The monoisotopic (exact) mass is 306 g/mol. The van der Waals surface area contributed by atoms with E-state index < -0.39 is 9.84 Å². The van der Waals surface area contributed by atoms with Gasteiger partial charge in [0.25, 0.3) is 0 Å². The quantitative estimate of drug-likeness (QED) is 0.758. The minimum absolute atomic E-state index is 0.101. The first-order chi connectivity index (χ1) is 7.57. The van der Waals surface area contributed by atoms with Crippen molar-refractivity contribution in [2.75, 3.05) is 18.2 Å². The zero-order valence-electron chi connectivity index (χ0n) is 9.15. The van der Waals surface area contributed by atoms with E-state index in [9.17, 15) is 8.42 Å². The molecule has 0 N–H and O–H groups in total. The Bertz CT molecular complexity index is 411. The van der Waals surface area contributed by atoms with Crippen molar-refractivity contribution in [2.45, 2.75) is 12.2 Å². The summed E-state index contributed by atoms with van der Waals surface area (Å²) in [6, 6.07) is 7.11. The smallest absolute Gasteiger partial charge is 0.154 e. The van der Waals surface area contributed by atoms with Gasteiger partial charge in [-0.1, -0.05) is 28.1 Å². The molecule has 0 heterocycles. The summed E-state index contributed by atoms with van der Waals surface area (Å²) in [5.41, 5.74) is 0.801. The molecule has 1 aromatic carbocycles. The Morgan fingerprint density at radius 3 is 2.38 bits per heavy atom. The van der Waals surface area contributed by atoms with Crippen LogP contribution in [0.2, 0.25) is 0 Å². The predicted octanol–water partition coefficient (Wildman–Crippen LogP) is 2.40. The number of methoxy groups -OCH3 is 1. The largest absolute Gasteiger partial charge is 0.497 e. The van der Waals surface area contributed by atoms with Crippen LogP contribution in [0, 0.1) is 0 Å². The van der Waals surface area contributed by atoms with Gasteiger partial charge in [-0.05, 0) is 24.1 Å². The molecule has 90 valence electrons. The molecular weight excluding hydrogens is 292 g/mol. The van der Waals surface area contributed by atoms with Crippen molar-refractivity contribution in [1.82, 2.24) is 0 Å². The van der Waals surface area contributed by atoms with Gasteiger partial charge in [0.2, 0.25) is 0 Å². The first kappa shape index (κ1) is 13.5. The van der Waals surface area contributed by atoms with Gasteiger partial charge in [0.05, 0.1) is 18.6 Å². The summed E-state index contributed by atoms with van der Waals surface area (Å²) in [5, 5.41) is 0.717. The van der Waals surface area contributed by atoms with Crippen LogP contribution in [0.15, 0.2) is 24.3 Å². The second-order valence-electron chi connectivity index (χ2n) is 3.48. The Labute approximate surface area is 105 Å². The second-order valence-corrected chi connectivity index (χ2v) is 6.46. The van der Waals surface area contributed by atoms with Crippen LogP contribution >= 0.6 is 15.9 Å². The maximum Gasteiger partial charge on any atom is 0.154 e. The van der Waals surface area contributed by atoms with E-state index >= 15 is 0 Å². The standard InChI is InChI=1S/C11H15BrO3S/c1-15-11-5-3-10(4-6-11)9-16(13,14)8-2-7-12/h3-6H,2,7-9H2,1H3. The third-order valence-corrected chi connectivity index (χ3v) is 4.38. The highest BCUT2D eigenvalue weighted by Crippen LogP contribution is 2.14. The van der Waals surface area contributed by atoms with E-state index in [0.717, 1.165) is 16.6 Å². The van der Waals surface area contributed by atoms with Gasteiger partial charge in [0.15, 0.2) is 9.84 Å². The first-order valence-electron chi connectivity index (χ1n) is 4.97. The number of ether oxygens (including phenoxy) is 1. The third kappa shape index (κ3) is 4.53. The fraction of sp³-hybridized carbons (Fsp3) is 0.455. The van der Waals surface area contributed by atoms with Crippen molar-refractivity contribution in [3.8, 4) is 5.75 Å². The van der Waals surface area contributed by atoms with E-state index in [4.69, 9.17) is 4.74 Å². The van der Waals surface area contributed by atoms with E-state index in [1.807, 2.05) is 0 Å². The SMILES string of the molecule is COc1ccc(CS(=O)(=O)CCCBr)cc1. The molecule has 0 unspecified atom stereocenters. The molecule has 0 amide bonds. The summed E-state index contributed by atoms with van der Waals surface area (Å²) in [4.78, 5) is 0. The molecule has 0 atom stereocenters. The second kappa shape index (κ2) is 6.25. The van der Waals surface area contributed by atoms with E-state index in [1.54, 1.807) is 31.4 Å². The molecule has 16 heavy (non-hydrogen) atoms. The molecule has 0 aliphatic heterocycles. The Kier molecular flexibility index (Phi) is 5.28. The van der Waals surface area contributed by atoms with E-state index in [0.29, 0.717) is 6.42 Å². The molecule has 3 nitrogen and oxygen atoms in total. The molecule has 0 saturated carbocycles. The van der Waals surface area contributed by atoms with Crippen LogP contribution in [0.25, 0.3) is 0 Å². The zero-order chi connectivity index (χ0) is 12.0. The van der Waals surface area contributed by atoms with Gasteiger partial charge in [-0.15, -0.1) is 0 Å². The van der Waals surface area contributed by atoms with Crippen LogP contribution in [-0.2, 0) is 15.6 Å². The predicted molar refractivity (Wildman–Crippen MR) is 68.9 cm³/mol. The van der Waals surface area contributed by atoms with Crippen molar-refractivity contribution >= 4 is 25.8 Å². The molecule has 0 aromatic heterocycles. The van der Waals surface area contributed by atoms with Gasteiger partial charge in [-0.3, -0.25) is 0 Å². The Balaban J connectivity index is 2.65. The van der Waals surface area contributed by atoms with Crippen LogP contribution in [0.3, 0.4) is 0 Å². The Morgan fingerprint density at radius 1 is 1.25 bits per heavy atom. The average Bonchev–Trinajstić information content (AvgIpc) is 2.27. The summed E-state index contributed by atoms with van der Waals surface area (Å²) in [7, 11) is -1.40. The average molecular weight is 307 g/mol. The summed E-state index contributed by atoms with van der Waals surface area (Å²) < 4.78 is 28.3. The molecule has 0 radical (unpaired) electrons. The number of hydrogen-bond acceptors (Lipinski definition) is 3. The van der Waals surface area contributed by atoms with Gasteiger partial charge in [-0.25, -0.2) is 8.42 Å². The summed E-state index contributed by atoms with van der Waals surface area (Å²) >= 11 is 3.23. The summed E-state index contributed by atoms with van der Waals surface area (Å²) in [6.07, 6.45) is 0.651. The van der Waals surface area contributed by atoms with Crippen LogP contribution in [0.5, 0.6) is 5.75 Å². The fourth-order valence-corrected chi connectivity index (χ4v) is 3.40. The van der Waals surface area contributed by atoms with Crippen LogP contribution < -0.4 is 4.74 Å². The summed E-state index contributed by atoms with van der Waals surface area (Å²) in [6.45, 7) is 0. The number of sulfone groups is 1. The van der Waals surface area contributed by atoms with Crippen molar-refractivity contribution in [1.29, 1.82) is 0 Å². The van der Waals surface area contributed by atoms with Gasteiger partial charge in [0, 0.05) is 5.33 Å². The lowest BCUT2D eigenvalue weighted by atomic mass is 10.2. The lowest BCUT2D eigenvalue weighted by Gasteiger charge is -2.04. The molecule has 0 aliphatic carbocycles. The first-order valence-corrected chi connectivity index (χ1v) is 7.91. The lowest BCUT2D eigenvalue weighted by Crippen LogP contribution is -2.09. The molecule has 0 fully saturated rings. The Morgan fingerprint density at radius 2 is 1.88 bits per heavy atom. The van der Waals surface area contributed by atoms with E-state index in [2.05, 4.69) is 15.9 Å². The van der Waals surface area contributed by atoms with Gasteiger partial charge < -0.3 is 4.74 Å². The number of alkyl halides is 1. The van der Waals surface area contributed by atoms with E-state index in [1.165, 1.54) is 0 Å². The zero-order valence-corrected chi connectivity index (χ0v) is 11.6. The minimum atomic E-state index is -2.99. The maximum atomic E-state index is 11.7. The highest BCUT2D eigenvalue weighted by atomic mass is 79.9. The van der Waals surface area contributed by atoms with Gasteiger partial charge >= 0.3 is 0 Å². The highest BCUT2D eigenvalue weighted by Gasteiger charge is 2.11. The molecule has 0 aliphatic rings. The van der Waals surface area contributed by atoms with Crippen LogP contribution in [-0.4, -0.2) is 26.6 Å². The molecule has 0 spiro atoms. The number of halogens is 1. The number of hydrogen-bond donors (Lipinski definition) is 0. The minimum Gasteiger partial charge on any atom is -0.497 e. The third-order valence-electron chi connectivity index (χ3n) is 2.13. The topological polar surface area (TPSA) is 43.4 Å².